The molecule has 2 aromatic rings. The Morgan fingerprint density at radius 1 is 1.10 bits per heavy atom. The molecule has 0 saturated carbocycles. The van der Waals surface area contributed by atoms with E-state index in [-0.39, 0.29) is 6.04 Å². The number of rotatable bonds is 5. The van der Waals surface area contributed by atoms with Crippen molar-refractivity contribution in [1.82, 2.24) is 0 Å². The molecule has 1 heterocycles. The van der Waals surface area contributed by atoms with Gasteiger partial charge in [-0.1, -0.05) is 25.1 Å². The Kier molecular flexibility index (Phi) is 5.06. The third-order valence-corrected chi connectivity index (χ3v) is 4.53. The van der Waals surface area contributed by atoms with Gasteiger partial charge in [-0.15, -0.1) is 11.3 Å². The first kappa shape index (κ1) is 16.0. The fraction of sp³-hybridized carbons (Fsp3) is 0.375. The number of halogens is 3. The Bertz CT molecular complexity index is 589. The monoisotopic (exact) mass is 313 g/mol. The summed E-state index contributed by atoms with van der Waals surface area (Å²) < 4.78 is 38.0. The molecule has 2 rings (SSSR count). The molecule has 1 unspecified atom stereocenters. The minimum atomic E-state index is -4.30. The van der Waals surface area contributed by atoms with Gasteiger partial charge in [0.1, 0.15) is 0 Å². The first-order valence-electron chi connectivity index (χ1n) is 6.87. The second-order valence-corrected chi connectivity index (χ2v) is 6.34. The third kappa shape index (κ3) is 4.58. The quantitative estimate of drug-likeness (QED) is 0.867. The van der Waals surface area contributed by atoms with Crippen LogP contribution < -0.4 is 5.73 Å². The van der Waals surface area contributed by atoms with Gasteiger partial charge in [0.25, 0.3) is 0 Å². The molecular weight excluding hydrogens is 295 g/mol. The van der Waals surface area contributed by atoms with E-state index in [1.807, 2.05) is 0 Å². The Labute approximate surface area is 126 Å². The summed E-state index contributed by atoms with van der Waals surface area (Å²) in [7, 11) is 0. The number of hydrogen-bond donors (Lipinski definition) is 1. The lowest BCUT2D eigenvalue weighted by atomic mass is 10.0. The number of benzene rings is 1. The summed E-state index contributed by atoms with van der Waals surface area (Å²) in [6, 6.07) is 9.36. The Morgan fingerprint density at radius 2 is 1.81 bits per heavy atom. The van der Waals surface area contributed by atoms with Crippen LogP contribution in [0.5, 0.6) is 0 Å². The molecule has 0 amide bonds. The highest BCUT2D eigenvalue weighted by atomic mass is 32.1. The van der Waals surface area contributed by atoms with E-state index < -0.39 is 11.7 Å². The van der Waals surface area contributed by atoms with Gasteiger partial charge in [-0.25, -0.2) is 0 Å². The van der Waals surface area contributed by atoms with Crippen molar-refractivity contribution in [1.29, 1.82) is 0 Å². The molecule has 1 nitrogen and oxygen atoms in total. The third-order valence-electron chi connectivity index (χ3n) is 3.28. The zero-order valence-electron chi connectivity index (χ0n) is 11.8. The van der Waals surface area contributed by atoms with Crippen molar-refractivity contribution in [2.75, 3.05) is 0 Å². The molecule has 1 aromatic heterocycles. The molecule has 114 valence electrons. The van der Waals surface area contributed by atoms with Crippen LogP contribution >= 0.6 is 11.3 Å². The van der Waals surface area contributed by atoms with Crippen molar-refractivity contribution in [2.24, 2.45) is 5.73 Å². The molecule has 0 fully saturated rings. The Hall–Kier alpha value is -1.33. The van der Waals surface area contributed by atoms with E-state index in [1.165, 1.54) is 21.9 Å². The summed E-state index contributed by atoms with van der Waals surface area (Å²) in [5.41, 5.74) is 6.09. The summed E-state index contributed by atoms with van der Waals surface area (Å²) in [5, 5.41) is 0. The molecule has 5 heteroatoms. The second kappa shape index (κ2) is 6.62. The molecule has 0 aliphatic rings. The smallest absolute Gasteiger partial charge is 0.327 e. The molecular formula is C16H18F3NS. The van der Waals surface area contributed by atoms with Gasteiger partial charge < -0.3 is 5.73 Å². The van der Waals surface area contributed by atoms with Gasteiger partial charge in [-0.3, -0.25) is 0 Å². The van der Waals surface area contributed by atoms with E-state index in [2.05, 4.69) is 19.1 Å². The molecule has 0 saturated heterocycles. The van der Waals surface area contributed by atoms with E-state index >= 15 is 0 Å². The summed E-state index contributed by atoms with van der Waals surface area (Å²) >= 11 is 1.72. The first-order valence-corrected chi connectivity index (χ1v) is 7.69. The lowest BCUT2D eigenvalue weighted by Gasteiger charge is -2.13. The highest BCUT2D eigenvalue weighted by Gasteiger charge is 2.30. The van der Waals surface area contributed by atoms with Crippen LogP contribution in [0, 0.1) is 0 Å². The van der Waals surface area contributed by atoms with Gasteiger partial charge in [0.05, 0.1) is 5.56 Å². The average molecular weight is 313 g/mol. The van der Waals surface area contributed by atoms with Gasteiger partial charge in [0.2, 0.25) is 0 Å². The normalized spacial score (nSPS) is 13.4. The maximum atomic E-state index is 12.7. The van der Waals surface area contributed by atoms with Gasteiger partial charge in [0, 0.05) is 15.8 Å². The molecule has 21 heavy (non-hydrogen) atoms. The summed E-state index contributed by atoms with van der Waals surface area (Å²) in [4.78, 5) is 2.49. The molecule has 0 aliphatic heterocycles. The SMILES string of the molecule is CCc1ccc(CC(N)Cc2cccc(C(F)(F)F)c2)s1. The fourth-order valence-corrected chi connectivity index (χ4v) is 3.28. The van der Waals surface area contributed by atoms with Crippen molar-refractivity contribution < 1.29 is 13.2 Å². The van der Waals surface area contributed by atoms with E-state index in [4.69, 9.17) is 5.73 Å². The van der Waals surface area contributed by atoms with E-state index in [0.717, 1.165) is 12.5 Å². The maximum Gasteiger partial charge on any atom is 0.416 e. The molecule has 0 radical (unpaired) electrons. The van der Waals surface area contributed by atoms with Crippen LogP contribution in [0.15, 0.2) is 36.4 Å². The summed E-state index contributed by atoms with van der Waals surface area (Å²) in [6.45, 7) is 2.10. The van der Waals surface area contributed by atoms with Gasteiger partial charge in [0.15, 0.2) is 0 Å². The molecule has 1 atom stereocenters. The summed E-state index contributed by atoms with van der Waals surface area (Å²) in [5.74, 6) is 0. The lowest BCUT2D eigenvalue weighted by molar-refractivity contribution is -0.137. The molecule has 0 spiro atoms. The van der Waals surface area contributed by atoms with Crippen molar-refractivity contribution >= 4 is 11.3 Å². The van der Waals surface area contributed by atoms with Crippen LogP contribution in [0.2, 0.25) is 0 Å². The van der Waals surface area contributed by atoms with Crippen LogP contribution in [-0.4, -0.2) is 6.04 Å². The molecule has 0 aliphatic carbocycles. The predicted molar refractivity (Wildman–Crippen MR) is 80.5 cm³/mol. The second-order valence-electron chi connectivity index (χ2n) is 5.09. The number of nitrogens with two attached hydrogens (primary N) is 1. The van der Waals surface area contributed by atoms with Crippen molar-refractivity contribution in [3.8, 4) is 0 Å². The number of aryl methyl sites for hydroxylation is 1. The zero-order chi connectivity index (χ0) is 15.5. The van der Waals surface area contributed by atoms with E-state index in [1.54, 1.807) is 17.4 Å². The van der Waals surface area contributed by atoms with Gasteiger partial charge in [-0.2, -0.15) is 13.2 Å². The van der Waals surface area contributed by atoms with Crippen LogP contribution in [0.3, 0.4) is 0 Å². The summed E-state index contributed by atoms with van der Waals surface area (Å²) in [6.07, 6.45) is -2.17. The average Bonchev–Trinajstić information content (AvgIpc) is 2.85. The first-order chi connectivity index (χ1) is 9.88. The van der Waals surface area contributed by atoms with Gasteiger partial charge in [-0.05, 0) is 43.0 Å². The molecule has 0 bridgehead atoms. The number of thiophene rings is 1. The maximum absolute atomic E-state index is 12.7. The van der Waals surface area contributed by atoms with E-state index in [9.17, 15) is 13.2 Å². The largest absolute Gasteiger partial charge is 0.416 e. The number of alkyl halides is 3. The lowest BCUT2D eigenvalue weighted by Crippen LogP contribution is -2.25. The van der Waals surface area contributed by atoms with Crippen LogP contribution in [0.1, 0.15) is 27.8 Å². The Balaban J connectivity index is 2.00. The van der Waals surface area contributed by atoms with Crippen molar-refractivity contribution in [2.45, 2.75) is 38.4 Å². The predicted octanol–water partition coefficient (Wildman–Crippen LogP) is 4.44. The minimum Gasteiger partial charge on any atom is -0.327 e. The van der Waals surface area contributed by atoms with Crippen LogP contribution in [0.4, 0.5) is 13.2 Å². The van der Waals surface area contributed by atoms with Gasteiger partial charge >= 0.3 is 6.18 Å². The number of hydrogen-bond acceptors (Lipinski definition) is 2. The van der Waals surface area contributed by atoms with Crippen LogP contribution in [-0.2, 0) is 25.4 Å². The standard InChI is InChI=1S/C16H18F3NS/c1-2-14-6-7-15(21-14)10-13(20)9-11-4-3-5-12(8-11)16(17,18)19/h3-8,13H,2,9-10,20H2,1H3. The fourth-order valence-electron chi connectivity index (χ4n) is 2.23. The Morgan fingerprint density at radius 3 is 2.43 bits per heavy atom. The zero-order valence-corrected chi connectivity index (χ0v) is 12.6. The van der Waals surface area contributed by atoms with Crippen molar-refractivity contribution in [3.63, 3.8) is 0 Å². The topological polar surface area (TPSA) is 26.0 Å². The van der Waals surface area contributed by atoms with Crippen molar-refractivity contribution in [3.05, 3.63) is 57.3 Å². The van der Waals surface area contributed by atoms with Crippen LogP contribution in [0.25, 0.3) is 0 Å². The molecule has 2 N–H and O–H groups in total. The van der Waals surface area contributed by atoms with E-state index in [0.29, 0.717) is 18.4 Å². The molecule has 1 aromatic carbocycles. The minimum absolute atomic E-state index is 0.170. The highest BCUT2D eigenvalue weighted by Crippen LogP contribution is 2.29. The highest BCUT2D eigenvalue weighted by molar-refractivity contribution is 7.11.